The van der Waals surface area contributed by atoms with Crippen molar-refractivity contribution in [1.29, 1.82) is 0 Å². The van der Waals surface area contributed by atoms with Gasteiger partial charge in [-0.3, -0.25) is 0 Å². The van der Waals surface area contributed by atoms with Gasteiger partial charge in [-0.1, -0.05) is 12.1 Å². The number of hydrogen-bond acceptors (Lipinski definition) is 4. The number of benzene rings is 2. The van der Waals surface area contributed by atoms with Gasteiger partial charge in [-0.15, -0.1) is 0 Å². The monoisotopic (exact) mass is 398 g/mol. The summed E-state index contributed by atoms with van der Waals surface area (Å²) in [6.45, 7) is 6.04. The number of urea groups is 1. The molecule has 1 heterocycles. The van der Waals surface area contributed by atoms with E-state index in [4.69, 9.17) is 14.2 Å². The SMILES string of the molecule is COCCc1ccc(Oc2ccc(NC(=O)N3CC[C@@H](C)O[C@@H](C)C3)cc2)cc1. The first-order valence-electron chi connectivity index (χ1n) is 10.1. The molecule has 1 N–H and O–H groups in total. The molecule has 1 aliphatic heterocycles. The van der Waals surface area contributed by atoms with Crippen LogP contribution in [-0.2, 0) is 15.9 Å². The van der Waals surface area contributed by atoms with Gasteiger partial charge >= 0.3 is 6.03 Å². The highest BCUT2D eigenvalue weighted by atomic mass is 16.5. The van der Waals surface area contributed by atoms with Crippen molar-refractivity contribution in [1.82, 2.24) is 4.90 Å². The Morgan fingerprint density at radius 1 is 1.07 bits per heavy atom. The highest BCUT2D eigenvalue weighted by Gasteiger charge is 2.23. The maximum Gasteiger partial charge on any atom is 0.321 e. The van der Waals surface area contributed by atoms with Crippen molar-refractivity contribution in [3.05, 3.63) is 54.1 Å². The second-order valence-electron chi connectivity index (χ2n) is 7.44. The lowest BCUT2D eigenvalue weighted by molar-refractivity contribution is 0.0162. The Hall–Kier alpha value is -2.57. The number of carbonyl (C=O) groups excluding carboxylic acids is 1. The molecule has 2 aromatic carbocycles. The van der Waals surface area contributed by atoms with Crippen LogP contribution >= 0.6 is 0 Å². The summed E-state index contributed by atoms with van der Waals surface area (Å²) in [5, 5.41) is 2.96. The van der Waals surface area contributed by atoms with Gasteiger partial charge in [0.1, 0.15) is 11.5 Å². The Labute approximate surface area is 172 Å². The number of ether oxygens (including phenoxy) is 3. The molecular weight excluding hydrogens is 368 g/mol. The van der Waals surface area contributed by atoms with Gasteiger partial charge in [0.05, 0.1) is 18.8 Å². The highest BCUT2D eigenvalue weighted by Crippen LogP contribution is 2.24. The second-order valence-corrected chi connectivity index (χ2v) is 7.44. The van der Waals surface area contributed by atoms with Crippen LogP contribution in [0.2, 0.25) is 0 Å². The van der Waals surface area contributed by atoms with E-state index < -0.39 is 0 Å². The van der Waals surface area contributed by atoms with Crippen LogP contribution in [0.5, 0.6) is 11.5 Å². The summed E-state index contributed by atoms with van der Waals surface area (Å²) in [5.41, 5.74) is 1.95. The maximum absolute atomic E-state index is 12.6. The van der Waals surface area contributed by atoms with E-state index in [1.54, 1.807) is 7.11 Å². The van der Waals surface area contributed by atoms with Gasteiger partial charge in [-0.05, 0) is 68.7 Å². The maximum atomic E-state index is 12.6. The van der Waals surface area contributed by atoms with Crippen LogP contribution in [0.1, 0.15) is 25.8 Å². The molecule has 0 unspecified atom stereocenters. The molecule has 0 radical (unpaired) electrons. The second kappa shape index (κ2) is 10.3. The van der Waals surface area contributed by atoms with Crippen molar-refractivity contribution >= 4 is 11.7 Å². The Kier molecular flexibility index (Phi) is 7.49. The number of rotatable bonds is 6. The Morgan fingerprint density at radius 2 is 1.72 bits per heavy atom. The number of nitrogens with one attached hydrogen (secondary N) is 1. The van der Waals surface area contributed by atoms with Crippen molar-refractivity contribution in [3.63, 3.8) is 0 Å². The molecule has 0 saturated carbocycles. The molecule has 2 atom stereocenters. The summed E-state index contributed by atoms with van der Waals surface area (Å²) >= 11 is 0. The fraction of sp³-hybridized carbons (Fsp3) is 0.435. The van der Waals surface area contributed by atoms with E-state index in [1.165, 1.54) is 5.56 Å². The predicted octanol–water partition coefficient (Wildman–Crippen LogP) is 4.70. The summed E-state index contributed by atoms with van der Waals surface area (Å²) in [5.74, 6) is 1.49. The molecule has 29 heavy (non-hydrogen) atoms. The molecule has 0 aliphatic carbocycles. The molecule has 6 heteroatoms. The van der Waals surface area contributed by atoms with E-state index >= 15 is 0 Å². The third-order valence-corrected chi connectivity index (χ3v) is 4.89. The lowest BCUT2D eigenvalue weighted by atomic mass is 10.1. The minimum Gasteiger partial charge on any atom is -0.457 e. The fourth-order valence-corrected chi connectivity index (χ4v) is 3.32. The van der Waals surface area contributed by atoms with Crippen LogP contribution < -0.4 is 10.1 Å². The van der Waals surface area contributed by atoms with Gasteiger partial charge in [0.15, 0.2) is 0 Å². The molecule has 156 valence electrons. The van der Waals surface area contributed by atoms with Gasteiger partial charge < -0.3 is 24.4 Å². The van der Waals surface area contributed by atoms with Crippen molar-refractivity contribution in [2.24, 2.45) is 0 Å². The normalized spacial score (nSPS) is 19.5. The van der Waals surface area contributed by atoms with E-state index in [-0.39, 0.29) is 18.2 Å². The van der Waals surface area contributed by atoms with E-state index in [0.29, 0.717) is 19.7 Å². The zero-order chi connectivity index (χ0) is 20.6. The molecule has 0 spiro atoms. The fourth-order valence-electron chi connectivity index (χ4n) is 3.32. The quantitative estimate of drug-likeness (QED) is 0.766. The first kappa shape index (κ1) is 21.1. The lowest BCUT2D eigenvalue weighted by Crippen LogP contribution is -2.38. The molecule has 0 aromatic heterocycles. The van der Waals surface area contributed by atoms with Gasteiger partial charge in [0.25, 0.3) is 0 Å². The van der Waals surface area contributed by atoms with Gasteiger partial charge in [-0.2, -0.15) is 0 Å². The van der Waals surface area contributed by atoms with Crippen LogP contribution in [0.4, 0.5) is 10.5 Å². The molecule has 1 aliphatic rings. The number of anilines is 1. The molecule has 1 fully saturated rings. The topological polar surface area (TPSA) is 60.0 Å². The highest BCUT2D eigenvalue weighted by molar-refractivity contribution is 5.89. The smallest absolute Gasteiger partial charge is 0.321 e. The number of hydrogen-bond donors (Lipinski definition) is 1. The Bertz CT molecular complexity index is 776. The number of nitrogens with zero attached hydrogens (tertiary/aromatic N) is 1. The van der Waals surface area contributed by atoms with Crippen molar-refractivity contribution in [3.8, 4) is 11.5 Å². The van der Waals surface area contributed by atoms with Crippen molar-refractivity contribution in [2.75, 3.05) is 32.1 Å². The van der Waals surface area contributed by atoms with E-state index in [9.17, 15) is 4.79 Å². The summed E-state index contributed by atoms with van der Waals surface area (Å²) in [7, 11) is 1.70. The molecule has 1 saturated heterocycles. The van der Waals surface area contributed by atoms with Crippen LogP contribution in [0.25, 0.3) is 0 Å². The first-order valence-corrected chi connectivity index (χ1v) is 10.1. The molecule has 2 aromatic rings. The average Bonchev–Trinajstić information content (AvgIpc) is 2.89. The zero-order valence-electron chi connectivity index (χ0n) is 17.4. The van der Waals surface area contributed by atoms with E-state index in [2.05, 4.69) is 5.32 Å². The number of amides is 2. The number of methoxy groups -OCH3 is 1. The van der Waals surface area contributed by atoms with Crippen molar-refractivity contribution < 1.29 is 19.0 Å². The largest absolute Gasteiger partial charge is 0.457 e. The van der Waals surface area contributed by atoms with E-state index in [0.717, 1.165) is 30.0 Å². The summed E-state index contributed by atoms with van der Waals surface area (Å²) in [6, 6.07) is 15.3. The molecular formula is C23H30N2O4. The van der Waals surface area contributed by atoms with Crippen LogP contribution in [0.3, 0.4) is 0 Å². The van der Waals surface area contributed by atoms with E-state index in [1.807, 2.05) is 67.3 Å². The standard InChI is InChI=1S/C23H30N2O4/c1-17-12-14-25(16-18(2)28-17)23(26)24-20-6-10-22(11-7-20)29-21-8-4-19(5-9-21)13-15-27-3/h4-11,17-18H,12-16H2,1-3H3,(H,24,26)/t17-,18+/m1/s1. The van der Waals surface area contributed by atoms with Gasteiger partial charge in [-0.25, -0.2) is 4.79 Å². The number of carbonyl (C=O) groups is 1. The molecule has 3 rings (SSSR count). The summed E-state index contributed by atoms with van der Waals surface area (Å²) in [4.78, 5) is 14.4. The molecule has 0 bridgehead atoms. The molecule has 2 amide bonds. The first-order chi connectivity index (χ1) is 14.0. The Balaban J connectivity index is 1.53. The lowest BCUT2D eigenvalue weighted by Gasteiger charge is -2.22. The van der Waals surface area contributed by atoms with Crippen LogP contribution in [0, 0.1) is 0 Å². The third kappa shape index (κ3) is 6.48. The van der Waals surface area contributed by atoms with Crippen LogP contribution in [-0.4, -0.2) is 49.9 Å². The third-order valence-electron chi connectivity index (χ3n) is 4.89. The molecule has 6 nitrogen and oxygen atoms in total. The minimum atomic E-state index is -0.102. The summed E-state index contributed by atoms with van der Waals surface area (Å²) < 4.78 is 16.8. The van der Waals surface area contributed by atoms with Crippen molar-refractivity contribution in [2.45, 2.75) is 38.9 Å². The Morgan fingerprint density at radius 3 is 2.38 bits per heavy atom. The van der Waals surface area contributed by atoms with Gasteiger partial charge in [0, 0.05) is 25.9 Å². The average molecular weight is 399 g/mol. The zero-order valence-corrected chi connectivity index (χ0v) is 17.4. The van der Waals surface area contributed by atoms with Crippen LogP contribution in [0.15, 0.2) is 48.5 Å². The summed E-state index contributed by atoms with van der Waals surface area (Å²) in [6.07, 6.45) is 1.93. The van der Waals surface area contributed by atoms with Gasteiger partial charge in [0.2, 0.25) is 0 Å². The minimum absolute atomic E-state index is 0.0370. The predicted molar refractivity (Wildman–Crippen MR) is 114 cm³/mol.